The minimum atomic E-state index is 0.723. The Labute approximate surface area is 97.0 Å². The van der Waals surface area contributed by atoms with Gasteiger partial charge in [0.15, 0.2) is 0 Å². The Hall–Kier alpha value is -1.66. The van der Waals surface area contributed by atoms with E-state index in [0.29, 0.717) is 0 Å². The third-order valence-electron chi connectivity index (χ3n) is 2.02. The van der Waals surface area contributed by atoms with Gasteiger partial charge in [0.25, 0.3) is 0 Å². The molecule has 86 valence electrons. The van der Waals surface area contributed by atoms with Crippen molar-refractivity contribution in [3.8, 4) is 23.3 Å². The van der Waals surface area contributed by atoms with Crippen molar-refractivity contribution >= 4 is 0 Å². The Morgan fingerprint density at radius 3 is 2.50 bits per heavy atom. The molecule has 0 radical (unpaired) electrons. The second-order valence-electron chi connectivity index (χ2n) is 3.61. The lowest BCUT2D eigenvalue weighted by molar-refractivity contribution is 0.402. The van der Waals surface area contributed by atoms with Gasteiger partial charge in [0.05, 0.1) is 26.3 Å². The van der Waals surface area contributed by atoms with E-state index >= 15 is 0 Å². The Kier molecular flexibility index (Phi) is 4.68. The van der Waals surface area contributed by atoms with Gasteiger partial charge in [-0.3, -0.25) is 4.90 Å². The van der Waals surface area contributed by atoms with Crippen LogP contribution in [0, 0.1) is 11.8 Å². The van der Waals surface area contributed by atoms with E-state index in [1.165, 1.54) is 0 Å². The van der Waals surface area contributed by atoms with Crippen LogP contribution in [0.2, 0.25) is 0 Å². The fourth-order valence-corrected chi connectivity index (χ4v) is 1.20. The van der Waals surface area contributed by atoms with Crippen molar-refractivity contribution in [3.05, 3.63) is 23.8 Å². The zero-order chi connectivity index (χ0) is 12.0. The lowest BCUT2D eigenvalue weighted by Gasteiger charge is -2.06. The second kappa shape index (κ2) is 6.04. The summed E-state index contributed by atoms with van der Waals surface area (Å²) in [7, 11) is 7.24. The minimum Gasteiger partial charge on any atom is -0.497 e. The van der Waals surface area contributed by atoms with E-state index in [9.17, 15) is 0 Å². The molecule has 0 unspecified atom stereocenters. The third-order valence-corrected chi connectivity index (χ3v) is 2.02. The van der Waals surface area contributed by atoms with Gasteiger partial charge in [0.2, 0.25) is 0 Å². The van der Waals surface area contributed by atoms with Gasteiger partial charge in [-0.1, -0.05) is 11.8 Å². The first-order valence-corrected chi connectivity index (χ1v) is 5.03. The number of hydrogen-bond acceptors (Lipinski definition) is 3. The molecule has 3 heteroatoms. The van der Waals surface area contributed by atoms with Crippen molar-refractivity contribution < 1.29 is 9.47 Å². The van der Waals surface area contributed by atoms with E-state index < -0.39 is 0 Å². The Morgan fingerprint density at radius 1 is 1.19 bits per heavy atom. The van der Waals surface area contributed by atoms with Crippen molar-refractivity contribution in [1.82, 2.24) is 4.90 Å². The van der Waals surface area contributed by atoms with E-state index in [2.05, 4.69) is 11.8 Å². The van der Waals surface area contributed by atoms with Crippen molar-refractivity contribution in [2.45, 2.75) is 0 Å². The van der Waals surface area contributed by atoms with Gasteiger partial charge in [-0.15, -0.1) is 0 Å². The van der Waals surface area contributed by atoms with Crippen LogP contribution >= 0.6 is 0 Å². The Morgan fingerprint density at radius 2 is 1.94 bits per heavy atom. The van der Waals surface area contributed by atoms with Crippen molar-refractivity contribution in [2.24, 2.45) is 0 Å². The molecule has 0 aliphatic rings. The smallest absolute Gasteiger partial charge is 0.134 e. The molecule has 0 aliphatic heterocycles. The number of benzene rings is 1. The molecule has 0 aliphatic carbocycles. The van der Waals surface area contributed by atoms with Crippen LogP contribution in [0.3, 0.4) is 0 Å². The first-order chi connectivity index (χ1) is 7.67. The molecule has 0 fully saturated rings. The predicted octanol–water partition coefficient (Wildman–Crippen LogP) is 1.62. The van der Waals surface area contributed by atoms with Gasteiger partial charge in [0, 0.05) is 0 Å². The molecule has 0 amide bonds. The number of nitrogens with zero attached hydrogens (tertiary/aromatic N) is 1. The summed E-state index contributed by atoms with van der Waals surface area (Å²) >= 11 is 0. The fourth-order valence-electron chi connectivity index (χ4n) is 1.20. The average Bonchev–Trinajstić information content (AvgIpc) is 2.28. The summed E-state index contributed by atoms with van der Waals surface area (Å²) < 4.78 is 10.4. The molecule has 0 saturated heterocycles. The molecule has 1 aromatic carbocycles. The quantitative estimate of drug-likeness (QED) is 0.721. The zero-order valence-corrected chi connectivity index (χ0v) is 10.2. The molecule has 16 heavy (non-hydrogen) atoms. The highest BCUT2D eigenvalue weighted by atomic mass is 16.5. The first kappa shape index (κ1) is 12.4. The third kappa shape index (κ3) is 3.48. The van der Waals surface area contributed by atoms with E-state index in [-0.39, 0.29) is 0 Å². The normalized spacial score (nSPS) is 9.56. The van der Waals surface area contributed by atoms with Crippen LogP contribution in [0.15, 0.2) is 18.2 Å². The molecule has 0 bridgehead atoms. The van der Waals surface area contributed by atoms with Crippen molar-refractivity contribution in [1.29, 1.82) is 0 Å². The summed E-state index contributed by atoms with van der Waals surface area (Å²) in [5.74, 6) is 7.70. The molecule has 0 heterocycles. The SMILES string of the molecule is COc1ccc(OC)c(C#CCN(C)C)c1. The summed E-state index contributed by atoms with van der Waals surface area (Å²) in [6.07, 6.45) is 0. The van der Waals surface area contributed by atoms with Crippen LogP contribution in [0.1, 0.15) is 5.56 Å². The highest BCUT2D eigenvalue weighted by Gasteiger charge is 2.01. The molecular weight excluding hydrogens is 202 g/mol. The number of ether oxygens (including phenoxy) is 2. The lowest BCUT2D eigenvalue weighted by Crippen LogP contribution is -2.10. The summed E-state index contributed by atoms with van der Waals surface area (Å²) in [5, 5.41) is 0. The summed E-state index contributed by atoms with van der Waals surface area (Å²) in [6.45, 7) is 0.723. The summed E-state index contributed by atoms with van der Waals surface area (Å²) in [5.41, 5.74) is 0.851. The highest BCUT2D eigenvalue weighted by Crippen LogP contribution is 2.22. The van der Waals surface area contributed by atoms with E-state index in [4.69, 9.17) is 9.47 Å². The number of rotatable bonds is 3. The van der Waals surface area contributed by atoms with E-state index in [1.54, 1.807) is 14.2 Å². The van der Waals surface area contributed by atoms with Crippen LogP contribution in [0.25, 0.3) is 0 Å². The molecule has 0 N–H and O–H groups in total. The van der Waals surface area contributed by atoms with Crippen molar-refractivity contribution in [2.75, 3.05) is 34.9 Å². The number of methoxy groups -OCH3 is 2. The van der Waals surface area contributed by atoms with Crippen LogP contribution in [-0.4, -0.2) is 39.8 Å². The monoisotopic (exact) mass is 219 g/mol. The maximum Gasteiger partial charge on any atom is 0.134 e. The maximum atomic E-state index is 5.23. The Bertz CT molecular complexity index is 402. The van der Waals surface area contributed by atoms with Gasteiger partial charge >= 0.3 is 0 Å². The van der Waals surface area contributed by atoms with Crippen LogP contribution in [-0.2, 0) is 0 Å². The van der Waals surface area contributed by atoms with Gasteiger partial charge in [0.1, 0.15) is 11.5 Å². The van der Waals surface area contributed by atoms with Crippen LogP contribution in [0.5, 0.6) is 11.5 Å². The summed E-state index contributed by atoms with van der Waals surface area (Å²) in [4.78, 5) is 2.01. The van der Waals surface area contributed by atoms with Crippen LogP contribution in [0.4, 0.5) is 0 Å². The largest absolute Gasteiger partial charge is 0.497 e. The second-order valence-corrected chi connectivity index (χ2v) is 3.61. The molecule has 0 atom stereocenters. The molecule has 1 rings (SSSR count). The molecular formula is C13H17NO2. The molecule has 1 aromatic rings. The lowest BCUT2D eigenvalue weighted by atomic mass is 10.2. The van der Waals surface area contributed by atoms with Gasteiger partial charge < -0.3 is 9.47 Å². The average molecular weight is 219 g/mol. The van der Waals surface area contributed by atoms with Gasteiger partial charge in [-0.05, 0) is 32.3 Å². The van der Waals surface area contributed by atoms with Gasteiger partial charge in [-0.25, -0.2) is 0 Å². The molecule has 0 saturated carbocycles. The Balaban J connectivity index is 2.93. The minimum absolute atomic E-state index is 0.723. The van der Waals surface area contributed by atoms with Crippen molar-refractivity contribution in [3.63, 3.8) is 0 Å². The fraction of sp³-hybridized carbons (Fsp3) is 0.385. The topological polar surface area (TPSA) is 21.7 Å². The molecule has 3 nitrogen and oxygen atoms in total. The zero-order valence-electron chi connectivity index (χ0n) is 10.2. The highest BCUT2D eigenvalue weighted by molar-refractivity contribution is 5.50. The van der Waals surface area contributed by atoms with Crippen LogP contribution < -0.4 is 9.47 Å². The predicted molar refractivity (Wildman–Crippen MR) is 65.0 cm³/mol. The summed E-state index contributed by atoms with van der Waals surface area (Å²) in [6, 6.07) is 5.59. The maximum absolute atomic E-state index is 5.23. The van der Waals surface area contributed by atoms with E-state index in [1.807, 2.05) is 37.2 Å². The first-order valence-electron chi connectivity index (χ1n) is 5.03. The number of hydrogen-bond donors (Lipinski definition) is 0. The van der Waals surface area contributed by atoms with Gasteiger partial charge in [-0.2, -0.15) is 0 Å². The standard InChI is InChI=1S/C13H17NO2/c1-14(2)9-5-6-11-10-12(15-3)7-8-13(11)16-4/h7-8,10H,9H2,1-4H3. The molecule has 0 aromatic heterocycles. The van der Waals surface area contributed by atoms with E-state index in [0.717, 1.165) is 23.6 Å². The molecule has 0 spiro atoms.